The summed E-state index contributed by atoms with van der Waals surface area (Å²) in [6.07, 6.45) is -9.20. The number of halogens is 6. The average molecular weight is 506 g/mol. The van der Waals surface area contributed by atoms with E-state index in [1.165, 1.54) is 42.5 Å². The highest BCUT2D eigenvalue weighted by Crippen LogP contribution is 2.23. The number of hydrogen-bond acceptors (Lipinski definition) is 5. The van der Waals surface area contributed by atoms with Crippen molar-refractivity contribution in [2.75, 3.05) is 19.8 Å². The molecule has 0 spiro atoms. The number of nitrogens with one attached hydrogen (secondary N) is 2. The molecule has 35 heavy (non-hydrogen) atoms. The molecule has 2 rings (SSSR count). The number of benzene rings is 2. The first kappa shape index (κ1) is 27.5. The van der Waals surface area contributed by atoms with Crippen LogP contribution in [0.25, 0.3) is 6.08 Å². The van der Waals surface area contributed by atoms with Gasteiger partial charge < -0.3 is 25.2 Å². The van der Waals surface area contributed by atoms with E-state index in [0.717, 1.165) is 12.1 Å². The molecular formula is C22H20F6N2O5. The monoisotopic (exact) mass is 506 g/mol. The highest BCUT2D eigenvalue weighted by atomic mass is 19.4. The van der Waals surface area contributed by atoms with Gasteiger partial charge in [-0.05, 0) is 48.0 Å². The number of aliphatic hydroxyl groups excluding tert-OH is 1. The maximum atomic E-state index is 12.6. The van der Waals surface area contributed by atoms with Gasteiger partial charge in [-0.25, -0.2) is 0 Å². The smallest absolute Gasteiger partial charge is 0.493 e. The van der Waals surface area contributed by atoms with Gasteiger partial charge >= 0.3 is 12.5 Å². The third-order valence-electron chi connectivity index (χ3n) is 4.09. The lowest BCUT2D eigenvalue weighted by atomic mass is 10.1. The molecule has 190 valence electrons. The number of ether oxygens (including phenoxy) is 2. The van der Waals surface area contributed by atoms with Crippen LogP contribution in [0.2, 0.25) is 0 Å². The van der Waals surface area contributed by atoms with E-state index >= 15 is 0 Å². The fourth-order valence-corrected chi connectivity index (χ4v) is 2.54. The highest BCUT2D eigenvalue weighted by molar-refractivity contribution is 6.05. The molecule has 0 radical (unpaired) electrons. The molecule has 7 nitrogen and oxygen atoms in total. The maximum absolute atomic E-state index is 12.6. The fraction of sp³-hybridized carbons (Fsp3) is 0.273. The third-order valence-corrected chi connectivity index (χ3v) is 4.09. The molecule has 0 fully saturated rings. The normalized spacial score (nSPS) is 12.1. The highest BCUT2D eigenvalue weighted by Gasteiger charge is 2.31. The molecule has 0 aliphatic heterocycles. The van der Waals surface area contributed by atoms with Gasteiger partial charge in [0, 0.05) is 12.1 Å². The van der Waals surface area contributed by atoms with Gasteiger partial charge in [-0.1, -0.05) is 12.1 Å². The SMILES string of the molecule is O=C(NCCO)/C(=C\c1ccc(OC(F)(F)F)cc1)NC(=O)c1ccc(OCCC(F)(F)F)cc1. The van der Waals surface area contributed by atoms with Crippen LogP contribution in [-0.4, -0.2) is 49.2 Å². The Morgan fingerprint density at radius 1 is 0.914 bits per heavy atom. The quantitative estimate of drug-likeness (QED) is 0.337. The lowest BCUT2D eigenvalue weighted by Crippen LogP contribution is -2.36. The Hall–Kier alpha value is -3.74. The number of carbonyl (C=O) groups is 2. The first-order valence-corrected chi connectivity index (χ1v) is 9.94. The van der Waals surface area contributed by atoms with Gasteiger partial charge in [-0.2, -0.15) is 13.2 Å². The van der Waals surface area contributed by atoms with Crippen LogP contribution in [-0.2, 0) is 4.79 Å². The minimum atomic E-state index is -4.88. The molecule has 13 heteroatoms. The second kappa shape index (κ2) is 12.1. The first-order valence-electron chi connectivity index (χ1n) is 9.94. The molecule has 0 aromatic heterocycles. The zero-order chi connectivity index (χ0) is 26.1. The predicted molar refractivity (Wildman–Crippen MR) is 111 cm³/mol. The van der Waals surface area contributed by atoms with Gasteiger partial charge in [0.2, 0.25) is 0 Å². The van der Waals surface area contributed by atoms with Crippen LogP contribution in [0, 0.1) is 0 Å². The number of alkyl halides is 6. The van der Waals surface area contributed by atoms with E-state index in [1.54, 1.807) is 0 Å². The zero-order valence-corrected chi connectivity index (χ0v) is 17.9. The topological polar surface area (TPSA) is 96.9 Å². The summed E-state index contributed by atoms with van der Waals surface area (Å²) in [6.45, 7) is -1.11. The van der Waals surface area contributed by atoms with Crippen molar-refractivity contribution >= 4 is 17.9 Å². The molecule has 2 aromatic carbocycles. The molecule has 0 saturated carbocycles. The molecule has 2 aromatic rings. The van der Waals surface area contributed by atoms with Crippen molar-refractivity contribution in [2.24, 2.45) is 0 Å². The summed E-state index contributed by atoms with van der Waals surface area (Å²) in [5.41, 5.74) is 0.0174. The number of aliphatic hydroxyl groups is 1. The standard InChI is InChI=1S/C22H20F6N2O5/c23-21(24,25)9-12-34-16-7-3-15(4-8-16)19(32)30-18(20(33)29-10-11-31)13-14-1-5-17(6-2-14)35-22(26,27)28/h1-8,13,31H,9-12H2,(H,29,33)(H,30,32)/b18-13+. The van der Waals surface area contributed by atoms with E-state index in [-0.39, 0.29) is 35.7 Å². The van der Waals surface area contributed by atoms with Crippen LogP contribution in [0.4, 0.5) is 26.3 Å². The second-order valence-electron chi connectivity index (χ2n) is 6.85. The van der Waals surface area contributed by atoms with Gasteiger partial charge in [0.05, 0.1) is 19.6 Å². The van der Waals surface area contributed by atoms with Crippen LogP contribution in [0.1, 0.15) is 22.3 Å². The maximum Gasteiger partial charge on any atom is 0.573 e. The molecule has 0 aliphatic carbocycles. The molecule has 0 saturated heterocycles. The molecule has 0 heterocycles. The largest absolute Gasteiger partial charge is 0.573 e. The Morgan fingerprint density at radius 3 is 2.06 bits per heavy atom. The molecule has 3 N–H and O–H groups in total. The lowest BCUT2D eigenvalue weighted by Gasteiger charge is -2.12. The number of amides is 2. The van der Waals surface area contributed by atoms with Gasteiger partial charge in [0.25, 0.3) is 11.8 Å². The summed E-state index contributed by atoms with van der Waals surface area (Å²) in [4.78, 5) is 25.0. The summed E-state index contributed by atoms with van der Waals surface area (Å²) in [5.74, 6) is -1.92. The third kappa shape index (κ3) is 10.4. The van der Waals surface area contributed by atoms with Crippen LogP contribution < -0.4 is 20.1 Å². The molecule has 0 atom stereocenters. The van der Waals surface area contributed by atoms with E-state index in [9.17, 15) is 35.9 Å². The van der Waals surface area contributed by atoms with Crippen molar-refractivity contribution in [2.45, 2.75) is 19.0 Å². The Balaban J connectivity index is 2.13. The summed E-state index contributed by atoms with van der Waals surface area (Å²) in [7, 11) is 0. The van der Waals surface area contributed by atoms with E-state index in [0.29, 0.717) is 0 Å². The van der Waals surface area contributed by atoms with Crippen molar-refractivity contribution in [3.05, 3.63) is 65.4 Å². The van der Waals surface area contributed by atoms with Crippen molar-refractivity contribution in [3.8, 4) is 11.5 Å². The van der Waals surface area contributed by atoms with Crippen LogP contribution >= 0.6 is 0 Å². The molecule has 0 aliphatic rings. The summed E-state index contributed by atoms with van der Waals surface area (Å²) in [5, 5.41) is 13.6. The lowest BCUT2D eigenvalue weighted by molar-refractivity contribution is -0.274. The molecule has 2 amide bonds. The Bertz CT molecular complexity index is 1020. The van der Waals surface area contributed by atoms with Gasteiger partial charge in [-0.3, -0.25) is 9.59 Å². The van der Waals surface area contributed by atoms with Crippen LogP contribution in [0.5, 0.6) is 11.5 Å². The summed E-state index contributed by atoms with van der Waals surface area (Å²) < 4.78 is 82.3. The van der Waals surface area contributed by atoms with Crippen LogP contribution in [0.15, 0.2) is 54.2 Å². The van der Waals surface area contributed by atoms with Crippen LogP contribution in [0.3, 0.4) is 0 Å². The van der Waals surface area contributed by atoms with E-state index in [1.807, 2.05) is 0 Å². The molecule has 0 bridgehead atoms. The van der Waals surface area contributed by atoms with Crippen molar-refractivity contribution in [3.63, 3.8) is 0 Å². The Kier molecular flexibility index (Phi) is 9.51. The Morgan fingerprint density at radius 2 is 1.51 bits per heavy atom. The minimum Gasteiger partial charge on any atom is -0.493 e. The van der Waals surface area contributed by atoms with E-state index in [2.05, 4.69) is 15.4 Å². The number of carbonyl (C=O) groups excluding carboxylic acids is 2. The van der Waals surface area contributed by atoms with Gasteiger partial charge in [-0.15, -0.1) is 13.2 Å². The van der Waals surface area contributed by atoms with E-state index < -0.39 is 43.1 Å². The van der Waals surface area contributed by atoms with Gasteiger partial charge in [0.1, 0.15) is 17.2 Å². The van der Waals surface area contributed by atoms with Crippen molar-refractivity contribution in [1.82, 2.24) is 10.6 Å². The number of rotatable bonds is 10. The van der Waals surface area contributed by atoms with Crippen molar-refractivity contribution < 1.29 is 50.5 Å². The Labute approximate surface area is 195 Å². The zero-order valence-electron chi connectivity index (χ0n) is 17.9. The predicted octanol–water partition coefficient (Wildman–Crippen LogP) is 3.80. The summed E-state index contributed by atoms with van der Waals surface area (Å²) in [6, 6.07) is 9.57. The number of hydrogen-bond donors (Lipinski definition) is 3. The van der Waals surface area contributed by atoms with E-state index in [4.69, 9.17) is 9.84 Å². The minimum absolute atomic E-state index is 0.0444. The average Bonchev–Trinajstić information content (AvgIpc) is 2.76. The molecule has 0 unspecified atom stereocenters. The van der Waals surface area contributed by atoms with Gasteiger partial charge in [0.15, 0.2) is 0 Å². The van der Waals surface area contributed by atoms with Crippen molar-refractivity contribution in [1.29, 1.82) is 0 Å². The fourth-order valence-electron chi connectivity index (χ4n) is 2.54. The summed E-state index contributed by atoms with van der Waals surface area (Å²) >= 11 is 0. The second-order valence-corrected chi connectivity index (χ2v) is 6.85. The first-order chi connectivity index (χ1) is 16.4. The molecular weight excluding hydrogens is 486 g/mol.